The normalized spacial score (nSPS) is 10.3. The Bertz CT molecular complexity index is 898. The summed E-state index contributed by atoms with van der Waals surface area (Å²) in [7, 11) is 1.36. The quantitative estimate of drug-likeness (QED) is 0.680. The Kier molecular flexibility index (Phi) is 4.00. The molecule has 0 unspecified atom stereocenters. The van der Waals surface area contributed by atoms with Crippen molar-refractivity contribution < 1.29 is 9.53 Å². The van der Waals surface area contributed by atoms with Crippen LogP contribution in [0, 0.1) is 18.3 Å². The SMILES string of the molecule is COC(=O)c1ccc(-n2cc(C#N)c(-c3ccc(C)s3)c2)cc1. The van der Waals surface area contributed by atoms with Crippen LogP contribution in [0.3, 0.4) is 0 Å². The summed E-state index contributed by atoms with van der Waals surface area (Å²) in [6, 6.07) is 13.4. The lowest BCUT2D eigenvalue weighted by Crippen LogP contribution is -2.01. The highest BCUT2D eigenvalue weighted by Gasteiger charge is 2.12. The van der Waals surface area contributed by atoms with Crippen LogP contribution >= 0.6 is 11.3 Å². The first-order valence-electron chi connectivity index (χ1n) is 7.00. The molecule has 0 aliphatic heterocycles. The predicted octanol–water partition coefficient (Wildman–Crippen LogP) is 4.17. The number of carbonyl (C=O) groups is 1. The third kappa shape index (κ3) is 2.89. The van der Waals surface area contributed by atoms with Crippen LogP contribution in [-0.4, -0.2) is 17.6 Å². The molecule has 1 aromatic carbocycles. The fraction of sp³-hybridized carbons (Fsp3) is 0.111. The lowest BCUT2D eigenvalue weighted by atomic mass is 10.2. The summed E-state index contributed by atoms with van der Waals surface area (Å²) < 4.78 is 6.59. The summed E-state index contributed by atoms with van der Waals surface area (Å²) in [5.41, 5.74) is 2.93. The van der Waals surface area contributed by atoms with Crippen molar-refractivity contribution in [3.8, 4) is 22.2 Å². The molecule has 0 aliphatic rings. The molecule has 0 radical (unpaired) electrons. The smallest absolute Gasteiger partial charge is 0.337 e. The maximum atomic E-state index is 11.5. The van der Waals surface area contributed by atoms with Crippen LogP contribution in [0.4, 0.5) is 0 Å². The third-order valence-corrected chi connectivity index (χ3v) is 4.57. The van der Waals surface area contributed by atoms with Crippen molar-refractivity contribution in [3.05, 3.63) is 64.8 Å². The van der Waals surface area contributed by atoms with Crippen molar-refractivity contribution in [2.24, 2.45) is 0 Å². The zero-order valence-corrected chi connectivity index (χ0v) is 13.6. The van der Waals surface area contributed by atoms with E-state index in [1.54, 1.807) is 29.7 Å². The largest absolute Gasteiger partial charge is 0.465 e. The molecular weight excluding hydrogens is 308 g/mol. The highest BCUT2D eigenvalue weighted by molar-refractivity contribution is 7.15. The van der Waals surface area contributed by atoms with Gasteiger partial charge in [-0.2, -0.15) is 5.26 Å². The van der Waals surface area contributed by atoms with E-state index >= 15 is 0 Å². The summed E-state index contributed by atoms with van der Waals surface area (Å²) in [6.07, 6.45) is 3.74. The first-order valence-corrected chi connectivity index (χ1v) is 7.81. The molecule has 4 nitrogen and oxygen atoms in total. The van der Waals surface area contributed by atoms with E-state index < -0.39 is 0 Å². The second-order valence-corrected chi connectivity index (χ2v) is 6.34. The molecule has 3 rings (SSSR count). The van der Waals surface area contributed by atoms with Gasteiger partial charge >= 0.3 is 5.97 Å². The highest BCUT2D eigenvalue weighted by Crippen LogP contribution is 2.31. The molecule has 2 aromatic heterocycles. The molecule has 0 bridgehead atoms. The second kappa shape index (κ2) is 6.11. The number of thiophene rings is 1. The number of methoxy groups -OCH3 is 1. The Morgan fingerprint density at radius 2 is 1.91 bits per heavy atom. The number of aromatic nitrogens is 1. The van der Waals surface area contributed by atoms with Gasteiger partial charge in [-0.3, -0.25) is 0 Å². The van der Waals surface area contributed by atoms with E-state index in [1.165, 1.54) is 12.0 Å². The summed E-state index contributed by atoms with van der Waals surface area (Å²) in [6.45, 7) is 2.04. The van der Waals surface area contributed by atoms with Gasteiger partial charge in [-0.1, -0.05) is 0 Å². The van der Waals surface area contributed by atoms with E-state index in [1.807, 2.05) is 42.0 Å². The number of nitrogens with zero attached hydrogens (tertiary/aromatic N) is 2. The van der Waals surface area contributed by atoms with Crippen LogP contribution in [-0.2, 0) is 4.74 Å². The minimum atomic E-state index is -0.364. The van der Waals surface area contributed by atoms with Crippen molar-refractivity contribution in [2.45, 2.75) is 6.92 Å². The van der Waals surface area contributed by atoms with E-state index in [0.717, 1.165) is 16.1 Å². The van der Waals surface area contributed by atoms with Gasteiger partial charge in [0.1, 0.15) is 6.07 Å². The molecule has 0 saturated carbocycles. The number of hydrogen-bond donors (Lipinski definition) is 0. The van der Waals surface area contributed by atoms with E-state index in [9.17, 15) is 10.1 Å². The van der Waals surface area contributed by atoms with Crippen LogP contribution in [0.25, 0.3) is 16.1 Å². The molecule has 0 amide bonds. The summed E-state index contributed by atoms with van der Waals surface area (Å²) in [5.74, 6) is -0.364. The van der Waals surface area contributed by atoms with Crippen LogP contribution in [0.2, 0.25) is 0 Å². The predicted molar refractivity (Wildman–Crippen MR) is 89.9 cm³/mol. The molecule has 0 atom stereocenters. The fourth-order valence-corrected chi connectivity index (χ4v) is 3.25. The lowest BCUT2D eigenvalue weighted by molar-refractivity contribution is 0.0601. The van der Waals surface area contributed by atoms with Crippen LogP contribution in [0.5, 0.6) is 0 Å². The first kappa shape index (κ1) is 15.1. The van der Waals surface area contributed by atoms with Gasteiger partial charge in [0.15, 0.2) is 0 Å². The minimum Gasteiger partial charge on any atom is -0.465 e. The number of rotatable bonds is 3. The van der Waals surface area contributed by atoms with E-state index in [-0.39, 0.29) is 5.97 Å². The molecule has 2 heterocycles. The molecule has 3 aromatic rings. The average molecular weight is 322 g/mol. The Labute approximate surface area is 138 Å². The van der Waals surface area contributed by atoms with Gasteiger partial charge in [0.25, 0.3) is 0 Å². The minimum absolute atomic E-state index is 0.364. The number of hydrogen-bond acceptors (Lipinski definition) is 4. The lowest BCUT2D eigenvalue weighted by Gasteiger charge is -2.04. The molecule has 0 N–H and O–H groups in total. The maximum Gasteiger partial charge on any atom is 0.337 e. The molecular formula is C18H14N2O2S. The molecule has 5 heteroatoms. The van der Waals surface area contributed by atoms with Crippen molar-refractivity contribution in [1.82, 2.24) is 4.57 Å². The Balaban J connectivity index is 2.00. The Morgan fingerprint density at radius 3 is 2.48 bits per heavy atom. The van der Waals surface area contributed by atoms with Crippen molar-refractivity contribution in [2.75, 3.05) is 7.11 Å². The summed E-state index contributed by atoms with van der Waals surface area (Å²) in [4.78, 5) is 13.8. The van der Waals surface area contributed by atoms with Crippen LogP contribution < -0.4 is 0 Å². The molecule has 0 saturated heterocycles. The van der Waals surface area contributed by atoms with E-state index in [4.69, 9.17) is 4.74 Å². The van der Waals surface area contributed by atoms with Gasteiger partial charge in [-0.05, 0) is 43.3 Å². The van der Waals surface area contributed by atoms with Gasteiger partial charge in [0.05, 0.1) is 18.2 Å². The summed E-state index contributed by atoms with van der Waals surface area (Å²) >= 11 is 1.66. The Hall–Kier alpha value is -2.84. The molecule has 0 fully saturated rings. The number of nitriles is 1. The van der Waals surface area contributed by atoms with Crippen molar-refractivity contribution in [1.29, 1.82) is 5.26 Å². The number of carbonyl (C=O) groups excluding carboxylic acids is 1. The van der Waals surface area contributed by atoms with E-state index in [2.05, 4.69) is 6.07 Å². The van der Waals surface area contributed by atoms with Gasteiger partial charge < -0.3 is 9.30 Å². The Morgan fingerprint density at radius 1 is 1.17 bits per heavy atom. The zero-order valence-electron chi connectivity index (χ0n) is 12.7. The van der Waals surface area contributed by atoms with Gasteiger partial charge in [0, 0.05) is 33.4 Å². The topological polar surface area (TPSA) is 55.0 Å². The number of esters is 1. The highest BCUT2D eigenvalue weighted by atomic mass is 32.1. The number of ether oxygens (including phenoxy) is 1. The van der Waals surface area contributed by atoms with E-state index in [0.29, 0.717) is 11.1 Å². The van der Waals surface area contributed by atoms with Crippen LogP contribution in [0.15, 0.2) is 48.8 Å². The van der Waals surface area contributed by atoms with Gasteiger partial charge in [-0.25, -0.2) is 4.79 Å². The number of aryl methyl sites for hydroxylation is 1. The first-order chi connectivity index (χ1) is 11.1. The average Bonchev–Trinajstić information content (AvgIpc) is 3.20. The standard InChI is InChI=1S/C18H14N2O2S/c1-12-3-8-17(23-12)16-11-20(10-14(16)9-19)15-6-4-13(5-7-15)18(21)22-2/h3-8,10-11H,1-2H3. The molecule has 114 valence electrons. The fourth-order valence-electron chi connectivity index (χ4n) is 2.36. The van der Waals surface area contributed by atoms with Crippen LogP contribution in [0.1, 0.15) is 20.8 Å². The summed E-state index contributed by atoms with van der Waals surface area (Å²) in [5, 5.41) is 9.38. The van der Waals surface area contributed by atoms with Crippen molar-refractivity contribution in [3.63, 3.8) is 0 Å². The molecule has 0 aliphatic carbocycles. The number of benzene rings is 1. The monoisotopic (exact) mass is 322 g/mol. The van der Waals surface area contributed by atoms with Gasteiger partial charge in [0.2, 0.25) is 0 Å². The maximum absolute atomic E-state index is 11.5. The second-order valence-electron chi connectivity index (χ2n) is 5.05. The van der Waals surface area contributed by atoms with Gasteiger partial charge in [-0.15, -0.1) is 11.3 Å². The van der Waals surface area contributed by atoms with Crippen molar-refractivity contribution >= 4 is 17.3 Å². The third-order valence-electron chi connectivity index (χ3n) is 3.54. The zero-order chi connectivity index (χ0) is 16.4. The molecule has 0 spiro atoms. The molecule has 23 heavy (non-hydrogen) atoms.